The second-order valence-electron chi connectivity index (χ2n) is 4.68. The van der Waals surface area contributed by atoms with Gasteiger partial charge in [0, 0.05) is 12.3 Å². The molecule has 0 spiro atoms. The Balaban J connectivity index is 1.64. The summed E-state index contributed by atoms with van der Waals surface area (Å²) >= 11 is 1.33. The van der Waals surface area contributed by atoms with E-state index in [1.54, 1.807) is 18.3 Å². The van der Waals surface area contributed by atoms with Gasteiger partial charge in [-0.3, -0.25) is 14.7 Å². The number of hydrogen-bond donors (Lipinski definition) is 2. The molecule has 0 radical (unpaired) electrons. The highest BCUT2D eigenvalue weighted by molar-refractivity contribution is 7.99. The average Bonchev–Trinajstić information content (AvgIpc) is 2.95. The fourth-order valence-corrected chi connectivity index (χ4v) is 2.65. The van der Waals surface area contributed by atoms with Gasteiger partial charge in [-0.25, -0.2) is 9.67 Å². The zero-order chi connectivity index (χ0) is 16.1. The number of H-pyrrole nitrogens is 1. The number of nitrogens with one attached hydrogen (secondary N) is 2. The topological polar surface area (TPSA) is 79.8 Å². The number of aromatic nitrogens is 3. The molecule has 6 nitrogen and oxygen atoms in total. The van der Waals surface area contributed by atoms with Crippen molar-refractivity contribution >= 4 is 23.5 Å². The van der Waals surface area contributed by atoms with Gasteiger partial charge in [-0.1, -0.05) is 36.0 Å². The van der Waals surface area contributed by atoms with Crippen LogP contribution in [0, 0.1) is 0 Å². The molecule has 3 rings (SSSR count). The lowest BCUT2D eigenvalue weighted by Gasteiger charge is -2.03. The number of anilines is 1. The third-order valence-electron chi connectivity index (χ3n) is 3.00. The molecule has 0 aliphatic carbocycles. The molecule has 7 heteroatoms. The zero-order valence-electron chi connectivity index (χ0n) is 12.1. The molecular formula is C16H14N4O2S. The molecule has 0 aliphatic rings. The number of pyridine rings is 1. The second-order valence-corrected chi connectivity index (χ2v) is 5.68. The third kappa shape index (κ3) is 3.89. The first-order chi connectivity index (χ1) is 11.2. The van der Waals surface area contributed by atoms with Crippen molar-refractivity contribution in [2.24, 2.45) is 0 Å². The monoisotopic (exact) mass is 326 g/mol. The molecule has 2 N–H and O–H groups in total. The van der Waals surface area contributed by atoms with Crippen LogP contribution in [0.3, 0.4) is 0 Å². The molecule has 0 saturated heterocycles. The number of thioether (sulfide) groups is 1. The van der Waals surface area contributed by atoms with Gasteiger partial charge in [0.25, 0.3) is 5.56 Å². The quantitative estimate of drug-likeness (QED) is 0.705. The summed E-state index contributed by atoms with van der Waals surface area (Å²) in [5.74, 6) is 0.378. The molecule has 3 aromatic rings. The van der Waals surface area contributed by atoms with Crippen LogP contribution in [-0.2, 0) is 4.79 Å². The van der Waals surface area contributed by atoms with Crippen LogP contribution in [0.2, 0.25) is 0 Å². The molecule has 1 amide bonds. The van der Waals surface area contributed by atoms with Crippen molar-refractivity contribution in [2.75, 3.05) is 11.1 Å². The maximum absolute atomic E-state index is 12.0. The Morgan fingerprint density at radius 2 is 1.96 bits per heavy atom. The maximum Gasteiger partial charge on any atom is 0.273 e. The Bertz CT molecular complexity index is 843. The van der Waals surface area contributed by atoms with E-state index in [0.717, 1.165) is 5.03 Å². The minimum Gasteiger partial charge on any atom is -0.310 e. The van der Waals surface area contributed by atoms with Gasteiger partial charge in [0.1, 0.15) is 5.82 Å². The van der Waals surface area contributed by atoms with Crippen molar-refractivity contribution in [3.8, 4) is 5.69 Å². The standard InChI is InChI=1S/C16H14N4O2S/c21-14(11-23-15-8-4-5-9-17-15)18-13-10-16(22)20(19-13)12-6-2-1-3-7-12/h1-10,19H,11H2,(H,18,21). The van der Waals surface area contributed by atoms with E-state index in [-0.39, 0.29) is 17.2 Å². The molecule has 1 aromatic carbocycles. The summed E-state index contributed by atoms with van der Waals surface area (Å²) in [7, 11) is 0. The maximum atomic E-state index is 12.0. The minimum absolute atomic E-state index is 0.206. The zero-order valence-corrected chi connectivity index (χ0v) is 12.9. The number of carbonyl (C=O) groups excluding carboxylic acids is 1. The lowest BCUT2D eigenvalue weighted by Crippen LogP contribution is -2.15. The number of hydrogen-bond acceptors (Lipinski definition) is 4. The smallest absolute Gasteiger partial charge is 0.273 e. The molecule has 0 bridgehead atoms. The van der Waals surface area contributed by atoms with Gasteiger partial charge >= 0.3 is 0 Å². The van der Waals surface area contributed by atoms with Gasteiger partial charge in [-0.2, -0.15) is 0 Å². The summed E-state index contributed by atoms with van der Waals surface area (Å²) in [5, 5.41) is 6.33. The summed E-state index contributed by atoms with van der Waals surface area (Å²) in [6, 6.07) is 16.0. The van der Waals surface area contributed by atoms with Crippen LogP contribution in [0.15, 0.2) is 70.6 Å². The van der Waals surface area contributed by atoms with Crippen LogP contribution in [0.1, 0.15) is 0 Å². The van der Waals surface area contributed by atoms with E-state index in [1.807, 2.05) is 36.4 Å². The average molecular weight is 326 g/mol. The van der Waals surface area contributed by atoms with Crippen LogP contribution in [0.4, 0.5) is 5.82 Å². The van der Waals surface area contributed by atoms with Crippen LogP contribution in [-0.4, -0.2) is 26.4 Å². The van der Waals surface area contributed by atoms with Crippen LogP contribution < -0.4 is 10.9 Å². The highest BCUT2D eigenvalue weighted by Crippen LogP contribution is 2.14. The lowest BCUT2D eigenvalue weighted by molar-refractivity contribution is -0.113. The third-order valence-corrected chi connectivity index (χ3v) is 3.94. The van der Waals surface area contributed by atoms with Crippen LogP contribution in [0.5, 0.6) is 0 Å². The predicted octanol–water partition coefficient (Wildman–Crippen LogP) is 2.29. The van der Waals surface area contributed by atoms with Gasteiger partial charge < -0.3 is 5.32 Å². The highest BCUT2D eigenvalue weighted by Gasteiger charge is 2.09. The van der Waals surface area contributed by atoms with Crippen molar-refractivity contribution in [3.63, 3.8) is 0 Å². The van der Waals surface area contributed by atoms with E-state index in [9.17, 15) is 9.59 Å². The summed E-state index contributed by atoms with van der Waals surface area (Å²) < 4.78 is 1.38. The van der Waals surface area contributed by atoms with Crippen molar-refractivity contribution in [1.82, 2.24) is 14.8 Å². The van der Waals surface area contributed by atoms with Gasteiger partial charge in [-0.05, 0) is 24.3 Å². The first kappa shape index (κ1) is 15.1. The van der Waals surface area contributed by atoms with Crippen molar-refractivity contribution in [2.45, 2.75) is 5.03 Å². The second kappa shape index (κ2) is 6.97. The largest absolute Gasteiger partial charge is 0.310 e. The molecular weight excluding hydrogens is 312 g/mol. The number of para-hydroxylation sites is 1. The molecule has 0 saturated carbocycles. The normalized spacial score (nSPS) is 10.4. The molecule has 0 aliphatic heterocycles. The molecule has 2 aromatic heterocycles. The van der Waals surface area contributed by atoms with E-state index >= 15 is 0 Å². The van der Waals surface area contributed by atoms with Crippen molar-refractivity contribution in [3.05, 3.63) is 71.1 Å². The fraction of sp³-hybridized carbons (Fsp3) is 0.0625. The molecule has 23 heavy (non-hydrogen) atoms. The Morgan fingerprint density at radius 3 is 2.70 bits per heavy atom. The van der Waals surface area contributed by atoms with Gasteiger partial charge in [0.2, 0.25) is 5.91 Å². The predicted molar refractivity (Wildman–Crippen MR) is 90.0 cm³/mol. The molecule has 116 valence electrons. The Morgan fingerprint density at radius 1 is 1.17 bits per heavy atom. The van der Waals surface area contributed by atoms with E-state index < -0.39 is 0 Å². The lowest BCUT2D eigenvalue weighted by atomic mass is 10.3. The number of amides is 1. The van der Waals surface area contributed by atoms with Gasteiger partial charge in [0.05, 0.1) is 16.5 Å². The number of benzene rings is 1. The first-order valence-electron chi connectivity index (χ1n) is 6.93. The minimum atomic E-state index is -0.233. The molecule has 2 heterocycles. The molecule has 0 fully saturated rings. The van der Waals surface area contributed by atoms with E-state index in [2.05, 4.69) is 15.4 Å². The van der Waals surface area contributed by atoms with Crippen molar-refractivity contribution in [1.29, 1.82) is 0 Å². The summed E-state index contributed by atoms with van der Waals surface area (Å²) in [5.41, 5.74) is 0.477. The molecule has 0 unspecified atom stereocenters. The van der Waals surface area contributed by atoms with Crippen molar-refractivity contribution < 1.29 is 4.79 Å². The number of nitrogens with zero attached hydrogens (tertiary/aromatic N) is 2. The van der Waals surface area contributed by atoms with Crippen LogP contribution >= 0.6 is 11.8 Å². The SMILES string of the molecule is O=C(CSc1ccccn1)Nc1cc(=O)n(-c2ccccc2)[nH]1. The Labute approximate surface area is 136 Å². The summed E-state index contributed by atoms with van der Waals surface area (Å²) in [6.07, 6.45) is 1.68. The van der Waals surface area contributed by atoms with E-state index in [1.165, 1.54) is 22.5 Å². The summed E-state index contributed by atoms with van der Waals surface area (Å²) in [4.78, 5) is 28.1. The number of carbonyl (C=O) groups is 1. The van der Waals surface area contributed by atoms with E-state index in [0.29, 0.717) is 11.5 Å². The number of aromatic amines is 1. The first-order valence-corrected chi connectivity index (χ1v) is 7.92. The van der Waals surface area contributed by atoms with Gasteiger partial charge in [-0.15, -0.1) is 0 Å². The van der Waals surface area contributed by atoms with Gasteiger partial charge in [0.15, 0.2) is 0 Å². The fourth-order valence-electron chi connectivity index (χ4n) is 1.99. The molecule has 0 atom stereocenters. The summed E-state index contributed by atoms with van der Waals surface area (Å²) in [6.45, 7) is 0. The highest BCUT2D eigenvalue weighted by atomic mass is 32.2. The Hall–Kier alpha value is -2.80. The van der Waals surface area contributed by atoms with E-state index in [4.69, 9.17) is 0 Å². The van der Waals surface area contributed by atoms with Crippen LogP contribution in [0.25, 0.3) is 5.69 Å². The Kier molecular flexibility index (Phi) is 4.58. The number of rotatable bonds is 5.